The van der Waals surface area contributed by atoms with Crippen LogP contribution in [0.4, 0.5) is 0 Å². The molecule has 1 aromatic carbocycles. The second-order valence-electron chi connectivity index (χ2n) is 14.3. The lowest BCUT2D eigenvalue weighted by molar-refractivity contribution is -0.148. The summed E-state index contributed by atoms with van der Waals surface area (Å²) in [5, 5.41) is 15.6. The van der Waals surface area contributed by atoms with Crippen molar-refractivity contribution in [2.24, 2.45) is 23.2 Å². The van der Waals surface area contributed by atoms with Gasteiger partial charge in [0.25, 0.3) is 0 Å². The first kappa shape index (κ1) is 30.5. The quantitative estimate of drug-likeness (QED) is 0.360. The van der Waals surface area contributed by atoms with E-state index in [1.807, 2.05) is 51.1 Å². The zero-order chi connectivity index (χ0) is 29.5. The summed E-state index contributed by atoms with van der Waals surface area (Å²) in [5.74, 6) is -2.00. The fourth-order valence-corrected chi connectivity index (χ4v) is 7.92. The van der Waals surface area contributed by atoms with Gasteiger partial charge < -0.3 is 25.4 Å². The number of hydrogen-bond acceptors (Lipinski definition) is 5. The Morgan fingerprint density at radius 1 is 1.07 bits per heavy atom. The van der Waals surface area contributed by atoms with Gasteiger partial charge in [-0.1, -0.05) is 58.0 Å². The fraction of sp³-hybridized carbons (Fsp3) is 0.719. The van der Waals surface area contributed by atoms with Gasteiger partial charge >= 0.3 is 0 Å². The van der Waals surface area contributed by atoms with Crippen molar-refractivity contribution in [2.75, 3.05) is 13.2 Å². The van der Waals surface area contributed by atoms with E-state index in [-0.39, 0.29) is 35.7 Å². The first-order valence-electron chi connectivity index (χ1n) is 14.9. The molecule has 8 heteroatoms. The Labute approximate surface area is 239 Å². The van der Waals surface area contributed by atoms with E-state index in [4.69, 9.17) is 4.74 Å². The van der Waals surface area contributed by atoms with Gasteiger partial charge in [-0.2, -0.15) is 0 Å². The van der Waals surface area contributed by atoms with Gasteiger partial charge in [-0.15, -0.1) is 0 Å². The molecule has 3 saturated heterocycles. The molecule has 0 aromatic heterocycles. The van der Waals surface area contributed by atoms with Crippen molar-refractivity contribution in [3.05, 3.63) is 35.9 Å². The molecule has 3 aliphatic heterocycles. The second-order valence-corrected chi connectivity index (χ2v) is 14.3. The summed E-state index contributed by atoms with van der Waals surface area (Å²) in [6, 6.07) is 8.90. The summed E-state index contributed by atoms with van der Waals surface area (Å²) < 4.78 is 6.82. The zero-order valence-corrected chi connectivity index (χ0v) is 25.4. The molecule has 2 bridgehead atoms. The van der Waals surface area contributed by atoms with Crippen LogP contribution in [-0.4, -0.2) is 63.7 Å². The summed E-state index contributed by atoms with van der Waals surface area (Å²) in [7, 11) is 0. The minimum absolute atomic E-state index is 0.000675. The molecule has 3 N–H and O–H groups in total. The van der Waals surface area contributed by atoms with E-state index < -0.39 is 34.6 Å². The van der Waals surface area contributed by atoms with Crippen LogP contribution in [0, 0.1) is 23.2 Å². The molecule has 0 aliphatic carbocycles. The number of rotatable bonds is 11. The van der Waals surface area contributed by atoms with Gasteiger partial charge in [0, 0.05) is 25.2 Å². The van der Waals surface area contributed by atoms with Gasteiger partial charge in [0.2, 0.25) is 17.7 Å². The van der Waals surface area contributed by atoms with Crippen LogP contribution in [0.3, 0.4) is 0 Å². The lowest BCUT2D eigenvalue weighted by Crippen LogP contribution is -2.59. The molecule has 3 aliphatic rings. The number of ether oxygens (including phenoxy) is 1. The van der Waals surface area contributed by atoms with E-state index in [1.165, 1.54) is 0 Å². The topological polar surface area (TPSA) is 108 Å². The van der Waals surface area contributed by atoms with Gasteiger partial charge in [0.05, 0.1) is 17.4 Å². The Morgan fingerprint density at radius 2 is 1.75 bits per heavy atom. The minimum Gasteiger partial charge on any atom is -0.396 e. The number of nitrogens with one attached hydrogen (secondary N) is 2. The number of nitrogens with zero attached hydrogens (tertiary/aromatic N) is 1. The highest BCUT2D eigenvalue weighted by atomic mass is 16.5. The fourth-order valence-electron chi connectivity index (χ4n) is 7.92. The summed E-state index contributed by atoms with van der Waals surface area (Å²) in [5.41, 5.74) is -1.41. The van der Waals surface area contributed by atoms with Crippen molar-refractivity contribution in [1.29, 1.82) is 0 Å². The molecule has 3 amide bonds. The lowest BCUT2D eigenvalue weighted by Gasteiger charge is -2.38. The molecular formula is C32H49N3O5. The smallest absolute Gasteiger partial charge is 0.246 e. The van der Waals surface area contributed by atoms with E-state index in [1.54, 1.807) is 4.90 Å². The van der Waals surface area contributed by atoms with E-state index in [9.17, 15) is 19.5 Å². The van der Waals surface area contributed by atoms with Crippen LogP contribution in [0.2, 0.25) is 0 Å². The number of aliphatic hydroxyl groups excluding tert-OH is 1. The molecule has 3 heterocycles. The molecule has 4 rings (SSSR count). The SMILES string of the molecule is CC1CC23O[C@]1(C)[C@@H](C(=O)NCc1ccccc1)[C@H]2C(=O)N(CCCCCO)C3C(=O)NC(C)(C)CC(C)(C)C. The molecule has 1 spiro atoms. The van der Waals surface area contributed by atoms with E-state index in [0.717, 1.165) is 18.4 Å². The first-order valence-corrected chi connectivity index (χ1v) is 14.9. The molecule has 40 heavy (non-hydrogen) atoms. The molecule has 0 radical (unpaired) electrons. The first-order chi connectivity index (χ1) is 18.7. The van der Waals surface area contributed by atoms with E-state index in [2.05, 4.69) is 38.3 Å². The molecule has 3 unspecified atom stereocenters. The van der Waals surface area contributed by atoms with Gasteiger partial charge in [-0.05, 0) is 69.8 Å². The summed E-state index contributed by atoms with van der Waals surface area (Å²) in [6.07, 6.45) is 3.37. The van der Waals surface area contributed by atoms with Gasteiger partial charge in [-0.3, -0.25) is 14.4 Å². The van der Waals surface area contributed by atoms with Crippen molar-refractivity contribution in [1.82, 2.24) is 15.5 Å². The van der Waals surface area contributed by atoms with Crippen molar-refractivity contribution >= 4 is 17.7 Å². The third-order valence-corrected chi connectivity index (χ3v) is 9.15. The predicted molar refractivity (Wildman–Crippen MR) is 154 cm³/mol. The Bertz CT molecular complexity index is 1100. The Balaban J connectivity index is 1.66. The highest BCUT2D eigenvalue weighted by Crippen LogP contribution is 2.65. The number of aliphatic hydroxyl groups is 1. The number of carbonyl (C=O) groups excluding carboxylic acids is 3. The summed E-state index contributed by atoms with van der Waals surface area (Å²) >= 11 is 0. The third-order valence-electron chi connectivity index (χ3n) is 9.15. The highest BCUT2D eigenvalue weighted by molar-refractivity contribution is 5.99. The average Bonchev–Trinajstić information content (AvgIpc) is 3.35. The van der Waals surface area contributed by atoms with Crippen molar-refractivity contribution < 1.29 is 24.2 Å². The minimum atomic E-state index is -1.06. The number of carbonyl (C=O) groups is 3. The van der Waals surface area contributed by atoms with Crippen LogP contribution in [0.15, 0.2) is 30.3 Å². The molecular weight excluding hydrogens is 506 g/mol. The normalized spacial score (nSPS) is 31.4. The Kier molecular flexibility index (Phi) is 8.46. The maximum absolute atomic E-state index is 14.2. The van der Waals surface area contributed by atoms with Crippen LogP contribution in [0.1, 0.15) is 86.1 Å². The predicted octanol–water partition coefficient (Wildman–Crippen LogP) is 3.81. The number of amides is 3. The van der Waals surface area contributed by atoms with Gasteiger partial charge in [-0.25, -0.2) is 0 Å². The van der Waals surface area contributed by atoms with E-state index in [0.29, 0.717) is 32.4 Å². The van der Waals surface area contributed by atoms with Crippen molar-refractivity contribution in [2.45, 2.75) is 110 Å². The molecule has 8 nitrogen and oxygen atoms in total. The molecule has 3 fully saturated rings. The number of benzene rings is 1. The maximum atomic E-state index is 14.2. The van der Waals surface area contributed by atoms with E-state index >= 15 is 0 Å². The molecule has 222 valence electrons. The van der Waals surface area contributed by atoms with Crippen LogP contribution in [0.25, 0.3) is 0 Å². The Morgan fingerprint density at radius 3 is 2.38 bits per heavy atom. The standard InChI is InChI=1S/C32H49N3O5/c1-21-18-32-24(23(31(21,7)40-32)26(37)33-19-22-14-10-8-11-15-22)28(39)35(16-12-9-13-17-36)25(32)27(38)34-30(5,6)20-29(2,3)4/h8,10-11,14-15,21,23-25,36H,9,12-13,16-20H2,1-7H3,(H,33,37)(H,34,38)/t21?,23-,24+,25?,31+,32?/m1/s1. The maximum Gasteiger partial charge on any atom is 0.246 e. The zero-order valence-electron chi connectivity index (χ0n) is 25.4. The Hall–Kier alpha value is -2.45. The number of unbranched alkanes of at least 4 members (excludes halogenated alkanes) is 2. The van der Waals surface area contributed by atoms with Crippen LogP contribution in [-0.2, 0) is 25.7 Å². The molecule has 0 saturated carbocycles. The third kappa shape index (κ3) is 5.67. The number of fused-ring (bicyclic) bond motifs is 1. The molecule has 6 atom stereocenters. The highest BCUT2D eigenvalue weighted by Gasteiger charge is 2.79. The van der Waals surface area contributed by atoms with Gasteiger partial charge in [0.15, 0.2) is 0 Å². The van der Waals surface area contributed by atoms with Crippen LogP contribution in [0.5, 0.6) is 0 Å². The van der Waals surface area contributed by atoms with Crippen molar-refractivity contribution in [3.63, 3.8) is 0 Å². The second kappa shape index (κ2) is 11.1. The largest absolute Gasteiger partial charge is 0.396 e. The van der Waals surface area contributed by atoms with Crippen LogP contribution >= 0.6 is 0 Å². The monoisotopic (exact) mass is 555 g/mol. The number of likely N-dealkylation sites (tertiary alicyclic amines) is 1. The average molecular weight is 556 g/mol. The van der Waals surface area contributed by atoms with Gasteiger partial charge in [0.1, 0.15) is 11.6 Å². The summed E-state index contributed by atoms with van der Waals surface area (Å²) in [6.45, 7) is 15.3. The lowest BCUT2D eigenvalue weighted by atomic mass is 9.62. The summed E-state index contributed by atoms with van der Waals surface area (Å²) in [4.78, 5) is 43.9. The number of hydrogen-bond donors (Lipinski definition) is 3. The van der Waals surface area contributed by atoms with Crippen LogP contribution < -0.4 is 10.6 Å². The van der Waals surface area contributed by atoms with Crippen molar-refractivity contribution in [3.8, 4) is 0 Å². The molecule has 1 aromatic rings.